The number of hydrogen-bond acceptors (Lipinski definition) is 3. The molecule has 0 saturated heterocycles. The third-order valence-corrected chi connectivity index (χ3v) is 2.98. The number of phenolic OH excluding ortho intramolecular Hbond substituents is 1. The Morgan fingerprint density at radius 1 is 1.05 bits per heavy atom. The van der Waals surface area contributed by atoms with Gasteiger partial charge in [0, 0.05) is 12.0 Å². The van der Waals surface area contributed by atoms with Gasteiger partial charge in [0.25, 0.3) is 0 Å². The molecule has 0 heterocycles. The van der Waals surface area contributed by atoms with Crippen LogP contribution in [-0.4, -0.2) is 17.4 Å². The molecule has 0 fully saturated rings. The van der Waals surface area contributed by atoms with Crippen LogP contribution in [0.3, 0.4) is 0 Å². The maximum atomic E-state index is 12.1. The van der Waals surface area contributed by atoms with Crippen LogP contribution in [0.2, 0.25) is 0 Å². The first kappa shape index (κ1) is 13.3. The Kier molecular flexibility index (Phi) is 4.31. The number of hydrogen-bond donors (Lipinski definition) is 2. The van der Waals surface area contributed by atoms with Gasteiger partial charge in [-0.25, -0.2) is 0 Å². The van der Waals surface area contributed by atoms with Gasteiger partial charge in [0.05, 0.1) is 0 Å². The number of ketones is 1. The van der Waals surface area contributed by atoms with Crippen molar-refractivity contribution in [2.45, 2.75) is 12.8 Å². The number of rotatable bonds is 5. The number of aromatic hydroxyl groups is 1. The molecule has 0 unspecified atom stereocenters. The molecule has 0 aliphatic carbocycles. The second-order valence-corrected chi connectivity index (χ2v) is 4.51. The third-order valence-electron chi connectivity index (χ3n) is 2.98. The lowest BCUT2D eigenvalue weighted by atomic mass is 10.0. The fourth-order valence-corrected chi connectivity index (χ4v) is 1.98. The van der Waals surface area contributed by atoms with Crippen molar-refractivity contribution in [1.82, 2.24) is 0 Å². The van der Waals surface area contributed by atoms with E-state index in [1.807, 2.05) is 30.3 Å². The maximum absolute atomic E-state index is 12.1. The van der Waals surface area contributed by atoms with Gasteiger partial charge in [-0.15, -0.1) is 0 Å². The van der Waals surface area contributed by atoms with Crippen molar-refractivity contribution in [1.29, 1.82) is 0 Å². The summed E-state index contributed by atoms with van der Waals surface area (Å²) in [6.07, 6.45) is 1.12. The molecule has 0 aromatic heterocycles. The van der Waals surface area contributed by atoms with E-state index >= 15 is 0 Å². The molecule has 98 valence electrons. The minimum atomic E-state index is 0.0462. The smallest absolute Gasteiger partial charge is 0.167 e. The maximum Gasteiger partial charge on any atom is 0.167 e. The summed E-state index contributed by atoms with van der Waals surface area (Å²) in [5.74, 6) is 0.230. The largest absolute Gasteiger partial charge is 0.508 e. The van der Waals surface area contributed by atoms with Gasteiger partial charge in [-0.05, 0) is 36.2 Å². The number of benzene rings is 2. The Bertz CT molecular complexity index is 561. The van der Waals surface area contributed by atoms with E-state index in [-0.39, 0.29) is 11.5 Å². The number of Topliss-reactive ketones (excluding diaryl/α,β-unsaturated/α-hetero) is 1. The Hall–Kier alpha value is -2.13. The second kappa shape index (κ2) is 6.16. The van der Waals surface area contributed by atoms with Crippen LogP contribution < -0.4 is 5.73 Å². The zero-order chi connectivity index (χ0) is 13.7. The summed E-state index contributed by atoms with van der Waals surface area (Å²) in [6.45, 7) is 0.608. The molecule has 2 rings (SSSR count). The molecule has 0 aliphatic heterocycles. The van der Waals surface area contributed by atoms with E-state index in [0.717, 1.165) is 17.5 Å². The van der Waals surface area contributed by atoms with Crippen LogP contribution in [0.1, 0.15) is 21.5 Å². The molecule has 0 aliphatic rings. The number of carbonyl (C=O) groups is 1. The normalized spacial score (nSPS) is 10.4. The molecule has 0 spiro atoms. The summed E-state index contributed by atoms with van der Waals surface area (Å²) in [7, 11) is 0. The molecule has 2 aromatic carbocycles. The summed E-state index contributed by atoms with van der Waals surface area (Å²) in [5, 5.41) is 9.37. The van der Waals surface area contributed by atoms with Crippen LogP contribution in [-0.2, 0) is 12.8 Å². The number of carbonyl (C=O) groups excluding carboxylic acids is 1. The van der Waals surface area contributed by atoms with Crippen molar-refractivity contribution < 1.29 is 9.90 Å². The van der Waals surface area contributed by atoms with Gasteiger partial charge in [-0.1, -0.05) is 36.4 Å². The first-order valence-corrected chi connectivity index (χ1v) is 6.29. The summed E-state index contributed by atoms with van der Waals surface area (Å²) in [4.78, 5) is 12.1. The second-order valence-electron chi connectivity index (χ2n) is 4.51. The molecule has 0 amide bonds. The highest BCUT2D eigenvalue weighted by Crippen LogP contribution is 2.14. The van der Waals surface area contributed by atoms with Gasteiger partial charge in [-0.3, -0.25) is 4.79 Å². The van der Waals surface area contributed by atoms with Gasteiger partial charge in [0.2, 0.25) is 0 Å². The third kappa shape index (κ3) is 3.66. The van der Waals surface area contributed by atoms with Gasteiger partial charge in [0.1, 0.15) is 5.75 Å². The van der Waals surface area contributed by atoms with Crippen molar-refractivity contribution in [2.75, 3.05) is 6.54 Å². The summed E-state index contributed by atoms with van der Waals surface area (Å²) < 4.78 is 0. The monoisotopic (exact) mass is 255 g/mol. The van der Waals surface area contributed by atoms with Crippen LogP contribution in [0.15, 0.2) is 48.5 Å². The van der Waals surface area contributed by atoms with Crippen LogP contribution in [0.4, 0.5) is 0 Å². The van der Waals surface area contributed by atoms with Gasteiger partial charge in [-0.2, -0.15) is 0 Å². The van der Waals surface area contributed by atoms with Crippen molar-refractivity contribution in [3.8, 4) is 5.75 Å². The molecule has 3 N–H and O–H groups in total. The lowest BCUT2D eigenvalue weighted by molar-refractivity contribution is 0.0993. The zero-order valence-corrected chi connectivity index (χ0v) is 10.7. The summed E-state index contributed by atoms with van der Waals surface area (Å²) in [5.41, 5.74) is 8.12. The molecule has 0 saturated carbocycles. The van der Waals surface area contributed by atoms with E-state index in [4.69, 9.17) is 5.73 Å². The van der Waals surface area contributed by atoms with Crippen LogP contribution in [0, 0.1) is 0 Å². The van der Waals surface area contributed by atoms with Gasteiger partial charge < -0.3 is 10.8 Å². The van der Waals surface area contributed by atoms with E-state index < -0.39 is 0 Å². The molecule has 0 atom stereocenters. The molecule has 19 heavy (non-hydrogen) atoms. The molecule has 0 radical (unpaired) electrons. The van der Waals surface area contributed by atoms with Gasteiger partial charge >= 0.3 is 0 Å². The summed E-state index contributed by atoms with van der Waals surface area (Å²) in [6, 6.07) is 14.3. The average molecular weight is 255 g/mol. The predicted molar refractivity (Wildman–Crippen MR) is 75.3 cm³/mol. The standard InChI is InChI=1S/C16H17NO2/c17-9-8-12-4-6-14(7-5-12)16(19)11-13-2-1-3-15(18)10-13/h1-7,10,18H,8-9,11,17H2. The van der Waals surface area contributed by atoms with Gasteiger partial charge in [0.15, 0.2) is 5.78 Å². The fraction of sp³-hybridized carbons (Fsp3) is 0.188. The van der Waals surface area contributed by atoms with Crippen molar-refractivity contribution in [3.63, 3.8) is 0 Å². The quantitative estimate of drug-likeness (QED) is 0.806. The van der Waals surface area contributed by atoms with E-state index in [2.05, 4.69) is 0 Å². The highest BCUT2D eigenvalue weighted by Gasteiger charge is 2.07. The highest BCUT2D eigenvalue weighted by molar-refractivity contribution is 5.97. The Balaban J connectivity index is 2.07. The average Bonchev–Trinajstić information content (AvgIpc) is 2.40. The molecule has 3 heteroatoms. The predicted octanol–water partition coefficient (Wildman–Crippen LogP) is 2.32. The minimum absolute atomic E-state index is 0.0462. The molecule has 3 nitrogen and oxygen atoms in total. The SMILES string of the molecule is NCCc1ccc(C(=O)Cc2cccc(O)c2)cc1. The molecule has 0 bridgehead atoms. The van der Waals surface area contributed by atoms with E-state index in [1.54, 1.807) is 18.2 Å². The van der Waals surface area contributed by atoms with Crippen LogP contribution in [0.25, 0.3) is 0 Å². The van der Waals surface area contributed by atoms with E-state index in [9.17, 15) is 9.90 Å². The fourth-order valence-electron chi connectivity index (χ4n) is 1.98. The van der Waals surface area contributed by atoms with E-state index in [0.29, 0.717) is 18.5 Å². The van der Waals surface area contributed by atoms with Crippen molar-refractivity contribution >= 4 is 5.78 Å². The Labute approximate surface area is 112 Å². The van der Waals surface area contributed by atoms with E-state index in [1.165, 1.54) is 0 Å². The minimum Gasteiger partial charge on any atom is -0.508 e. The number of phenols is 1. The zero-order valence-electron chi connectivity index (χ0n) is 10.7. The topological polar surface area (TPSA) is 63.3 Å². The lowest BCUT2D eigenvalue weighted by Crippen LogP contribution is -2.05. The summed E-state index contributed by atoms with van der Waals surface area (Å²) >= 11 is 0. The van der Waals surface area contributed by atoms with Crippen molar-refractivity contribution in [3.05, 3.63) is 65.2 Å². The Morgan fingerprint density at radius 2 is 1.79 bits per heavy atom. The van der Waals surface area contributed by atoms with Crippen LogP contribution >= 0.6 is 0 Å². The first-order chi connectivity index (χ1) is 9.19. The molecule has 2 aromatic rings. The highest BCUT2D eigenvalue weighted by atomic mass is 16.3. The van der Waals surface area contributed by atoms with Crippen molar-refractivity contribution in [2.24, 2.45) is 5.73 Å². The Morgan fingerprint density at radius 3 is 2.42 bits per heavy atom. The number of nitrogens with two attached hydrogens (primary N) is 1. The lowest BCUT2D eigenvalue weighted by Gasteiger charge is -2.04. The molecular weight excluding hydrogens is 238 g/mol. The molecular formula is C16H17NO2. The first-order valence-electron chi connectivity index (χ1n) is 6.29. The van der Waals surface area contributed by atoms with Crippen LogP contribution in [0.5, 0.6) is 5.75 Å².